The number of fused-ring (bicyclic) bond motifs is 1. The first-order valence-electron chi connectivity index (χ1n) is 7.01. The average molecular weight is 325 g/mol. The largest absolute Gasteiger partial charge is 0.497 e. The molecule has 116 valence electrons. The van der Waals surface area contributed by atoms with Gasteiger partial charge in [0, 0.05) is 6.92 Å². The molecule has 3 rings (SSSR count). The molecule has 1 aromatic heterocycles. The molecule has 2 aromatic carbocycles. The van der Waals surface area contributed by atoms with E-state index in [0.717, 1.165) is 21.5 Å². The van der Waals surface area contributed by atoms with Crippen molar-refractivity contribution in [1.82, 2.24) is 4.98 Å². The summed E-state index contributed by atoms with van der Waals surface area (Å²) in [6.45, 7) is 1.47. The number of ether oxygens (including phenoxy) is 1. The molecule has 5 nitrogen and oxygen atoms in total. The Morgan fingerprint density at radius 3 is 2.61 bits per heavy atom. The lowest BCUT2D eigenvalue weighted by atomic mass is 10.2. The zero-order valence-corrected chi connectivity index (χ0v) is 13.6. The van der Waals surface area contributed by atoms with Gasteiger partial charge in [-0.2, -0.15) is 10.1 Å². The van der Waals surface area contributed by atoms with E-state index < -0.39 is 0 Å². The average Bonchev–Trinajstić information content (AvgIpc) is 2.99. The Labute approximate surface area is 137 Å². The lowest BCUT2D eigenvalue weighted by Gasteiger charge is -2.10. The summed E-state index contributed by atoms with van der Waals surface area (Å²) in [5, 5.41) is 6.15. The van der Waals surface area contributed by atoms with Crippen LogP contribution in [0.3, 0.4) is 0 Å². The van der Waals surface area contributed by atoms with Crippen LogP contribution < -0.4 is 9.75 Å². The summed E-state index contributed by atoms with van der Waals surface area (Å²) in [7, 11) is 1.62. The third kappa shape index (κ3) is 3.37. The molecule has 1 heterocycles. The van der Waals surface area contributed by atoms with Gasteiger partial charge in [0.2, 0.25) is 11.0 Å². The summed E-state index contributed by atoms with van der Waals surface area (Å²) >= 11 is 1.44. The standard InChI is InChI=1S/C17H15N3O2S/c1-12(21)20(17-19-15-5-3-4-6-16(15)23-17)18-11-13-7-9-14(22-2)10-8-13/h3-11H,1-2H3/b18-11+. The van der Waals surface area contributed by atoms with Crippen LogP contribution in [-0.4, -0.2) is 24.2 Å². The van der Waals surface area contributed by atoms with Crippen molar-refractivity contribution in [3.05, 3.63) is 54.1 Å². The molecule has 0 aliphatic rings. The molecule has 0 bridgehead atoms. The van der Waals surface area contributed by atoms with Crippen LogP contribution in [0.15, 0.2) is 53.6 Å². The molecular formula is C17H15N3O2S. The van der Waals surface area contributed by atoms with Crippen molar-refractivity contribution >= 4 is 38.8 Å². The number of thiazole rings is 1. The van der Waals surface area contributed by atoms with Crippen LogP contribution in [0.5, 0.6) is 5.75 Å². The molecule has 6 heteroatoms. The maximum absolute atomic E-state index is 11.9. The zero-order chi connectivity index (χ0) is 16.2. The number of benzene rings is 2. The van der Waals surface area contributed by atoms with Crippen molar-refractivity contribution < 1.29 is 9.53 Å². The highest BCUT2D eigenvalue weighted by molar-refractivity contribution is 7.22. The van der Waals surface area contributed by atoms with E-state index in [1.165, 1.54) is 23.3 Å². The highest BCUT2D eigenvalue weighted by Gasteiger charge is 2.15. The number of nitrogens with zero attached hydrogens (tertiary/aromatic N) is 3. The van der Waals surface area contributed by atoms with E-state index >= 15 is 0 Å². The van der Waals surface area contributed by atoms with Gasteiger partial charge in [0.25, 0.3) is 0 Å². The van der Waals surface area contributed by atoms with Gasteiger partial charge in [0.1, 0.15) is 5.75 Å². The summed E-state index contributed by atoms with van der Waals surface area (Å²) in [6, 6.07) is 15.2. The molecule has 0 aliphatic carbocycles. The highest BCUT2D eigenvalue weighted by Crippen LogP contribution is 2.28. The molecule has 23 heavy (non-hydrogen) atoms. The van der Waals surface area contributed by atoms with E-state index in [1.807, 2.05) is 48.5 Å². The Morgan fingerprint density at radius 1 is 1.22 bits per heavy atom. The van der Waals surface area contributed by atoms with Gasteiger partial charge in [-0.25, -0.2) is 4.98 Å². The Hall–Kier alpha value is -2.73. The first-order valence-corrected chi connectivity index (χ1v) is 7.83. The lowest BCUT2D eigenvalue weighted by molar-refractivity contribution is -0.116. The van der Waals surface area contributed by atoms with E-state index in [9.17, 15) is 4.79 Å². The number of amides is 1. The molecule has 0 saturated heterocycles. The van der Waals surface area contributed by atoms with Crippen LogP contribution in [0.2, 0.25) is 0 Å². The van der Waals surface area contributed by atoms with Gasteiger partial charge < -0.3 is 4.74 Å². The van der Waals surface area contributed by atoms with Crippen LogP contribution in [0.25, 0.3) is 10.2 Å². The first kappa shape index (κ1) is 15.2. The first-order chi connectivity index (χ1) is 11.2. The maximum Gasteiger partial charge on any atom is 0.246 e. The number of carbonyl (C=O) groups is 1. The molecule has 0 spiro atoms. The summed E-state index contributed by atoms with van der Waals surface area (Å²) in [4.78, 5) is 16.4. The minimum absolute atomic E-state index is 0.186. The predicted octanol–water partition coefficient (Wildman–Crippen LogP) is 3.69. The quantitative estimate of drug-likeness (QED) is 0.543. The second-order valence-electron chi connectivity index (χ2n) is 4.81. The summed E-state index contributed by atoms with van der Waals surface area (Å²) < 4.78 is 6.14. The zero-order valence-electron chi connectivity index (χ0n) is 12.8. The topological polar surface area (TPSA) is 54.8 Å². The van der Waals surface area contributed by atoms with Crippen LogP contribution in [-0.2, 0) is 4.79 Å². The third-order valence-corrected chi connectivity index (χ3v) is 4.21. The van der Waals surface area contributed by atoms with E-state index in [1.54, 1.807) is 13.3 Å². The molecule has 0 N–H and O–H groups in total. The van der Waals surface area contributed by atoms with Crippen LogP contribution >= 0.6 is 11.3 Å². The molecular weight excluding hydrogens is 310 g/mol. The second kappa shape index (κ2) is 6.58. The summed E-state index contributed by atoms with van der Waals surface area (Å²) in [5.41, 5.74) is 1.73. The Morgan fingerprint density at radius 2 is 1.96 bits per heavy atom. The Bertz CT molecular complexity index is 823. The second-order valence-corrected chi connectivity index (χ2v) is 5.82. The maximum atomic E-state index is 11.9. The summed E-state index contributed by atoms with van der Waals surface area (Å²) in [5.74, 6) is 0.588. The molecule has 1 amide bonds. The number of hydrogen-bond donors (Lipinski definition) is 0. The highest BCUT2D eigenvalue weighted by atomic mass is 32.1. The van der Waals surface area contributed by atoms with Crippen molar-refractivity contribution in [2.75, 3.05) is 12.1 Å². The number of para-hydroxylation sites is 1. The molecule has 0 atom stereocenters. The van der Waals surface area contributed by atoms with Crippen molar-refractivity contribution in [3.8, 4) is 5.75 Å². The van der Waals surface area contributed by atoms with Gasteiger partial charge in [0.15, 0.2) is 0 Å². The number of aromatic nitrogens is 1. The van der Waals surface area contributed by atoms with Crippen LogP contribution in [0.4, 0.5) is 5.13 Å². The van der Waals surface area contributed by atoms with E-state index in [-0.39, 0.29) is 5.91 Å². The van der Waals surface area contributed by atoms with Crippen molar-refractivity contribution in [2.45, 2.75) is 6.92 Å². The Kier molecular flexibility index (Phi) is 4.34. The van der Waals surface area contributed by atoms with Gasteiger partial charge in [-0.1, -0.05) is 23.5 Å². The third-order valence-electron chi connectivity index (χ3n) is 3.20. The SMILES string of the molecule is COc1ccc(/C=N/N(C(C)=O)c2nc3ccccc3s2)cc1. The van der Waals surface area contributed by atoms with E-state index in [0.29, 0.717) is 5.13 Å². The number of rotatable bonds is 4. The fraction of sp³-hybridized carbons (Fsp3) is 0.118. The molecule has 3 aromatic rings. The van der Waals surface area contributed by atoms with Gasteiger partial charge in [-0.05, 0) is 42.0 Å². The number of carbonyl (C=O) groups excluding carboxylic acids is 1. The minimum atomic E-state index is -0.186. The van der Waals surface area contributed by atoms with E-state index in [2.05, 4.69) is 10.1 Å². The smallest absolute Gasteiger partial charge is 0.246 e. The van der Waals surface area contributed by atoms with Gasteiger partial charge in [-0.3, -0.25) is 4.79 Å². The molecule has 0 fully saturated rings. The molecule has 0 aliphatic heterocycles. The minimum Gasteiger partial charge on any atom is -0.497 e. The number of methoxy groups -OCH3 is 1. The van der Waals surface area contributed by atoms with Crippen molar-refractivity contribution in [1.29, 1.82) is 0 Å². The van der Waals surface area contributed by atoms with Gasteiger partial charge in [-0.15, -0.1) is 0 Å². The van der Waals surface area contributed by atoms with Gasteiger partial charge >= 0.3 is 0 Å². The van der Waals surface area contributed by atoms with Crippen molar-refractivity contribution in [2.24, 2.45) is 5.10 Å². The van der Waals surface area contributed by atoms with Crippen molar-refractivity contribution in [3.63, 3.8) is 0 Å². The fourth-order valence-electron chi connectivity index (χ4n) is 2.03. The van der Waals surface area contributed by atoms with E-state index in [4.69, 9.17) is 4.74 Å². The number of hydrazone groups is 1. The lowest BCUT2D eigenvalue weighted by Crippen LogP contribution is -2.22. The van der Waals surface area contributed by atoms with Crippen LogP contribution in [0, 0.1) is 0 Å². The fourth-order valence-corrected chi connectivity index (χ4v) is 3.00. The monoisotopic (exact) mass is 325 g/mol. The molecule has 0 saturated carbocycles. The van der Waals surface area contributed by atoms with Gasteiger partial charge in [0.05, 0.1) is 23.5 Å². The molecule has 0 unspecified atom stereocenters. The molecule has 0 radical (unpaired) electrons. The number of anilines is 1. The normalized spacial score (nSPS) is 11.0. The Balaban J connectivity index is 1.88. The number of hydrogen-bond acceptors (Lipinski definition) is 5. The summed E-state index contributed by atoms with van der Waals surface area (Å²) in [6.07, 6.45) is 1.63. The van der Waals surface area contributed by atoms with Crippen LogP contribution in [0.1, 0.15) is 12.5 Å². The predicted molar refractivity (Wildman–Crippen MR) is 93.4 cm³/mol.